The molecule has 0 amide bonds. The summed E-state index contributed by atoms with van der Waals surface area (Å²) in [5.41, 5.74) is 0. The van der Waals surface area contributed by atoms with E-state index in [1.807, 2.05) is 0 Å². The van der Waals surface area contributed by atoms with Crippen LogP contribution in [0.2, 0.25) is 0 Å². The molecule has 0 aliphatic carbocycles. The molecule has 0 spiro atoms. The van der Waals surface area contributed by atoms with Gasteiger partial charge in [0.25, 0.3) is 0 Å². The summed E-state index contributed by atoms with van der Waals surface area (Å²) < 4.78 is 68.5. The van der Waals surface area contributed by atoms with E-state index in [0.717, 1.165) is 109 Å². The minimum Gasteiger partial charge on any atom is -0.462 e. The molecule has 0 saturated heterocycles. The lowest BCUT2D eigenvalue weighted by atomic mass is 10.0. The molecule has 2 unspecified atom stereocenters. The first-order chi connectivity index (χ1) is 45.7. The van der Waals surface area contributed by atoms with Crippen molar-refractivity contribution in [3.63, 3.8) is 0 Å². The number of esters is 4. The zero-order valence-corrected chi connectivity index (χ0v) is 62.5. The van der Waals surface area contributed by atoms with Gasteiger partial charge < -0.3 is 33.8 Å². The number of phosphoric ester groups is 2. The lowest BCUT2D eigenvalue weighted by molar-refractivity contribution is -0.161. The fraction of sp³-hybridized carbons (Fsp3) is 0.920. The second-order valence-electron chi connectivity index (χ2n) is 26.7. The molecule has 0 fully saturated rings. The molecule has 17 nitrogen and oxygen atoms in total. The van der Waals surface area contributed by atoms with Gasteiger partial charge in [0.05, 0.1) is 26.4 Å². The van der Waals surface area contributed by atoms with E-state index in [1.165, 1.54) is 199 Å². The molecule has 0 aromatic carbocycles. The first-order valence-electron chi connectivity index (χ1n) is 38.9. The average Bonchev–Trinajstić information content (AvgIpc) is 1.67. The summed E-state index contributed by atoms with van der Waals surface area (Å²) in [5.74, 6) is -2.13. The summed E-state index contributed by atoms with van der Waals surface area (Å²) in [6, 6.07) is 0. The largest absolute Gasteiger partial charge is 0.472 e. The third kappa shape index (κ3) is 68.3. The van der Waals surface area contributed by atoms with E-state index in [1.54, 1.807) is 0 Å². The van der Waals surface area contributed by atoms with Crippen molar-refractivity contribution in [2.45, 2.75) is 406 Å². The van der Waals surface area contributed by atoms with Gasteiger partial charge in [-0.2, -0.15) is 0 Å². The SMILES string of the molecule is CCCCCCCC/C=C\CCCCCCCC(=O)OC[C@H](COP(=O)(O)OC[C@@H](O)COP(=O)(O)OC[C@@H](COC(=O)CCCCCCCCCCCCCCC)OC(=O)CCCCCCCCCCCCCCC)OC(=O)CCCCCCCCCCCCCCC. The maximum absolute atomic E-state index is 13.1. The van der Waals surface area contributed by atoms with Crippen LogP contribution < -0.4 is 0 Å². The molecule has 5 atom stereocenters. The Hall–Kier alpha value is -2.20. The van der Waals surface area contributed by atoms with E-state index in [-0.39, 0.29) is 25.7 Å². The lowest BCUT2D eigenvalue weighted by Gasteiger charge is -2.21. The van der Waals surface area contributed by atoms with Gasteiger partial charge in [0.1, 0.15) is 19.3 Å². The number of carbonyl (C=O) groups is 4. The van der Waals surface area contributed by atoms with Gasteiger partial charge in [-0.3, -0.25) is 37.3 Å². The standard InChI is InChI=1S/C75H144O17P2/c1-5-9-13-17-21-25-29-33-34-38-40-44-48-52-56-60-73(78)86-66-71(92-75(80)62-58-54-50-46-42-37-32-28-24-20-16-12-8-4)68-90-94(83,84)88-64-69(76)63-87-93(81,82)89-67-70(91-74(79)61-57-53-49-45-41-36-31-27-23-19-15-11-7-3)65-85-72(77)59-55-51-47-43-39-35-30-26-22-18-14-10-6-2/h33-34,69-71,76H,5-32,35-68H2,1-4H3,(H,81,82)(H,83,84)/b34-33-/t69-,70+,71+/m0/s1. The van der Waals surface area contributed by atoms with Crippen molar-refractivity contribution in [3.05, 3.63) is 12.2 Å². The number of hydrogen-bond donors (Lipinski definition) is 3. The number of carbonyl (C=O) groups excluding carboxylic acids is 4. The molecule has 94 heavy (non-hydrogen) atoms. The number of ether oxygens (including phenoxy) is 4. The number of unbranched alkanes of at least 4 members (excludes halogenated alkanes) is 47. The highest BCUT2D eigenvalue weighted by molar-refractivity contribution is 7.47. The Balaban J connectivity index is 5.27. The van der Waals surface area contributed by atoms with Crippen molar-refractivity contribution < 1.29 is 80.2 Å². The molecule has 0 heterocycles. The normalized spacial score (nSPS) is 14.0. The third-order valence-electron chi connectivity index (χ3n) is 17.3. The van der Waals surface area contributed by atoms with Gasteiger partial charge in [-0.1, -0.05) is 322 Å². The van der Waals surface area contributed by atoms with E-state index in [9.17, 15) is 43.2 Å². The summed E-state index contributed by atoms with van der Waals surface area (Å²) in [6.45, 7) is 4.96. The summed E-state index contributed by atoms with van der Waals surface area (Å²) in [5, 5.41) is 10.6. The minimum atomic E-state index is -4.96. The van der Waals surface area contributed by atoms with Crippen molar-refractivity contribution in [2.75, 3.05) is 39.6 Å². The van der Waals surface area contributed by atoms with Crippen LogP contribution >= 0.6 is 15.6 Å². The molecule has 0 aliphatic heterocycles. The highest BCUT2D eigenvalue weighted by atomic mass is 31.2. The van der Waals surface area contributed by atoms with Crippen LogP contribution in [0.5, 0.6) is 0 Å². The highest BCUT2D eigenvalue weighted by Gasteiger charge is 2.30. The van der Waals surface area contributed by atoms with Crippen molar-refractivity contribution in [1.82, 2.24) is 0 Å². The van der Waals surface area contributed by atoms with Crippen LogP contribution in [0.4, 0.5) is 0 Å². The Morgan fingerprint density at radius 2 is 0.489 bits per heavy atom. The quantitative estimate of drug-likeness (QED) is 0.0169. The number of rotatable bonds is 75. The Bertz CT molecular complexity index is 1840. The topological polar surface area (TPSA) is 237 Å². The molecule has 556 valence electrons. The van der Waals surface area contributed by atoms with Crippen LogP contribution in [0.25, 0.3) is 0 Å². The predicted molar refractivity (Wildman–Crippen MR) is 382 cm³/mol. The zero-order valence-electron chi connectivity index (χ0n) is 60.7. The number of allylic oxidation sites excluding steroid dienone is 2. The lowest BCUT2D eigenvalue weighted by Crippen LogP contribution is -2.30. The molecule has 0 aromatic heterocycles. The van der Waals surface area contributed by atoms with E-state index < -0.39 is 97.5 Å². The highest BCUT2D eigenvalue weighted by Crippen LogP contribution is 2.45. The van der Waals surface area contributed by atoms with Gasteiger partial charge >= 0.3 is 39.5 Å². The van der Waals surface area contributed by atoms with Crippen molar-refractivity contribution in [1.29, 1.82) is 0 Å². The number of phosphoric acid groups is 2. The number of aliphatic hydroxyl groups excluding tert-OH is 1. The van der Waals surface area contributed by atoms with Crippen molar-refractivity contribution in [3.8, 4) is 0 Å². The molecular weight excluding hydrogens is 1230 g/mol. The molecule has 0 aromatic rings. The van der Waals surface area contributed by atoms with Gasteiger partial charge in [0.15, 0.2) is 12.2 Å². The summed E-state index contributed by atoms with van der Waals surface area (Å²) in [6.07, 6.45) is 60.5. The number of hydrogen-bond acceptors (Lipinski definition) is 15. The maximum atomic E-state index is 13.1. The van der Waals surface area contributed by atoms with E-state index >= 15 is 0 Å². The molecule has 19 heteroatoms. The van der Waals surface area contributed by atoms with Gasteiger partial charge in [-0.15, -0.1) is 0 Å². The molecule has 0 aliphatic rings. The van der Waals surface area contributed by atoms with Gasteiger partial charge in [-0.05, 0) is 51.4 Å². The summed E-state index contributed by atoms with van der Waals surface area (Å²) >= 11 is 0. The Kier molecular flexibility index (Phi) is 67.7. The molecule has 0 bridgehead atoms. The smallest absolute Gasteiger partial charge is 0.462 e. The maximum Gasteiger partial charge on any atom is 0.472 e. The molecular formula is C75H144O17P2. The van der Waals surface area contributed by atoms with Crippen LogP contribution in [-0.2, 0) is 65.4 Å². The second-order valence-corrected chi connectivity index (χ2v) is 29.6. The van der Waals surface area contributed by atoms with Crippen LogP contribution in [-0.4, -0.2) is 96.7 Å². The van der Waals surface area contributed by atoms with E-state index in [4.69, 9.17) is 37.0 Å². The fourth-order valence-corrected chi connectivity index (χ4v) is 12.9. The molecule has 0 rings (SSSR count). The monoisotopic (exact) mass is 1380 g/mol. The van der Waals surface area contributed by atoms with Crippen molar-refractivity contribution >= 4 is 39.5 Å². The van der Waals surface area contributed by atoms with Crippen LogP contribution in [0.15, 0.2) is 12.2 Å². The average molecular weight is 1380 g/mol. The minimum absolute atomic E-state index is 0.105. The first kappa shape index (κ1) is 91.8. The van der Waals surface area contributed by atoms with Gasteiger partial charge in [0.2, 0.25) is 0 Å². The van der Waals surface area contributed by atoms with Gasteiger partial charge in [-0.25, -0.2) is 9.13 Å². The van der Waals surface area contributed by atoms with Crippen molar-refractivity contribution in [2.24, 2.45) is 0 Å². The Morgan fingerprint density at radius 1 is 0.287 bits per heavy atom. The summed E-state index contributed by atoms with van der Waals surface area (Å²) in [4.78, 5) is 72.8. The van der Waals surface area contributed by atoms with Gasteiger partial charge in [0, 0.05) is 25.7 Å². The van der Waals surface area contributed by atoms with Crippen LogP contribution in [0.1, 0.15) is 387 Å². The summed E-state index contributed by atoms with van der Waals surface area (Å²) in [7, 11) is -9.91. The molecule has 3 N–H and O–H groups in total. The van der Waals surface area contributed by atoms with E-state index in [0.29, 0.717) is 25.7 Å². The Morgan fingerprint density at radius 3 is 0.734 bits per heavy atom. The van der Waals surface area contributed by atoms with Crippen LogP contribution in [0.3, 0.4) is 0 Å². The molecule has 0 saturated carbocycles. The van der Waals surface area contributed by atoms with E-state index in [2.05, 4.69) is 39.8 Å². The predicted octanol–water partition coefficient (Wildman–Crippen LogP) is 22.0. The van der Waals surface area contributed by atoms with Crippen LogP contribution in [0, 0.1) is 0 Å². The zero-order chi connectivity index (χ0) is 69.0. The molecule has 0 radical (unpaired) electrons. The number of aliphatic hydroxyl groups is 1. The third-order valence-corrected chi connectivity index (χ3v) is 19.2. The Labute approximate surface area is 574 Å². The fourth-order valence-electron chi connectivity index (χ4n) is 11.3. The first-order valence-corrected chi connectivity index (χ1v) is 41.9. The second kappa shape index (κ2) is 69.3.